The molecule has 0 atom stereocenters. The number of carbonyl (C=O) groups is 3. The summed E-state index contributed by atoms with van der Waals surface area (Å²) in [6.07, 6.45) is 2.72. The fraction of sp³-hybridized carbons (Fsp3) is 0.444. The number of carboxylic acids is 1. The Morgan fingerprint density at radius 2 is 1.62 bits per heavy atom. The first-order valence-corrected chi connectivity index (χ1v) is 12.1. The molecule has 1 heterocycles. The summed E-state index contributed by atoms with van der Waals surface area (Å²) >= 11 is 0. The molecule has 2 amide bonds. The lowest BCUT2D eigenvalue weighted by Gasteiger charge is -2.48. The fourth-order valence-electron chi connectivity index (χ4n) is 5.54. The third kappa shape index (κ3) is 4.15. The zero-order chi connectivity index (χ0) is 23.7. The molecular formula is C27H30N2O5. The van der Waals surface area contributed by atoms with E-state index in [0.29, 0.717) is 19.5 Å². The van der Waals surface area contributed by atoms with Crippen molar-refractivity contribution >= 4 is 18.0 Å². The quantitative estimate of drug-likeness (QED) is 0.618. The van der Waals surface area contributed by atoms with Gasteiger partial charge in [-0.25, -0.2) is 4.79 Å². The Balaban J connectivity index is 1.14. The molecule has 0 unspecified atom stereocenters. The second-order valence-electron chi connectivity index (χ2n) is 9.82. The zero-order valence-corrected chi connectivity index (χ0v) is 19.2. The molecule has 0 spiro atoms. The molecule has 1 saturated carbocycles. The van der Waals surface area contributed by atoms with Crippen molar-refractivity contribution in [2.45, 2.75) is 38.0 Å². The molecule has 2 fully saturated rings. The summed E-state index contributed by atoms with van der Waals surface area (Å²) in [6, 6.07) is 16.4. The first kappa shape index (κ1) is 22.4. The van der Waals surface area contributed by atoms with Crippen LogP contribution >= 0.6 is 0 Å². The van der Waals surface area contributed by atoms with Crippen molar-refractivity contribution in [3.63, 3.8) is 0 Å². The summed E-state index contributed by atoms with van der Waals surface area (Å²) in [5.41, 5.74) is 4.14. The molecule has 3 aliphatic rings. The zero-order valence-electron chi connectivity index (χ0n) is 19.2. The van der Waals surface area contributed by atoms with Gasteiger partial charge in [-0.3, -0.25) is 9.59 Å². The van der Waals surface area contributed by atoms with E-state index >= 15 is 0 Å². The molecule has 7 heteroatoms. The average Bonchev–Trinajstić information content (AvgIpc) is 3.09. The first-order chi connectivity index (χ1) is 16.5. The molecule has 1 aliphatic heterocycles. The highest BCUT2D eigenvalue weighted by atomic mass is 16.5. The van der Waals surface area contributed by atoms with Gasteiger partial charge in [-0.1, -0.05) is 55.0 Å². The van der Waals surface area contributed by atoms with Gasteiger partial charge < -0.3 is 20.1 Å². The van der Waals surface area contributed by atoms with Crippen LogP contribution in [0.2, 0.25) is 0 Å². The maximum atomic E-state index is 13.1. The highest BCUT2D eigenvalue weighted by Crippen LogP contribution is 2.45. The number of amides is 2. The predicted octanol–water partition coefficient (Wildman–Crippen LogP) is 4.02. The van der Waals surface area contributed by atoms with Crippen LogP contribution in [0.4, 0.5) is 4.79 Å². The van der Waals surface area contributed by atoms with Crippen LogP contribution in [0.3, 0.4) is 0 Å². The molecule has 178 valence electrons. The van der Waals surface area contributed by atoms with Crippen molar-refractivity contribution in [1.82, 2.24) is 10.2 Å². The van der Waals surface area contributed by atoms with Crippen LogP contribution < -0.4 is 5.32 Å². The van der Waals surface area contributed by atoms with Gasteiger partial charge in [0.25, 0.3) is 0 Å². The number of fused-ring (bicyclic) bond motifs is 3. The molecular weight excluding hydrogens is 432 g/mol. The van der Waals surface area contributed by atoms with E-state index in [2.05, 4.69) is 29.6 Å². The van der Waals surface area contributed by atoms with E-state index in [1.54, 1.807) is 0 Å². The Hall–Kier alpha value is -3.35. The normalized spacial score (nSPS) is 18.3. The van der Waals surface area contributed by atoms with Gasteiger partial charge in [0.1, 0.15) is 6.61 Å². The lowest BCUT2D eigenvalue weighted by molar-refractivity contribution is -0.154. The molecule has 2 aromatic rings. The number of ether oxygens (including phenoxy) is 1. The molecule has 1 saturated heterocycles. The van der Waals surface area contributed by atoms with Crippen molar-refractivity contribution < 1.29 is 24.2 Å². The van der Waals surface area contributed by atoms with Crippen LogP contribution in [0.1, 0.15) is 49.1 Å². The van der Waals surface area contributed by atoms with Crippen LogP contribution in [0.5, 0.6) is 0 Å². The number of aliphatic carboxylic acids is 1. The molecule has 2 aromatic carbocycles. The van der Waals surface area contributed by atoms with Gasteiger partial charge >= 0.3 is 12.1 Å². The minimum Gasteiger partial charge on any atom is -0.481 e. The van der Waals surface area contributed by atoms with Crippen molar-refractivity contribution in [1.29, 1.82) is 0 Å². The van der Waals surface area contributed by atoms with Crippen LogP contribution in [-0.4, -0.2) is 54.2 Å². The SMILES string of the molecule is O=C(O)CCC1CN(C(=O)C2(CNC(=O)OCC3c4ccccc4-c4ccccc43)CCC2)C1. The molecule has 5 rings (SSSR count). The van der Waals surface area contributed by atoms with E-state index in [1.165, 1.54) is 11.1 Å². The van der Waals surface area contributed by atoms with Gasteiger partial charge in [-0.05, 0) is 47.4 Å². The van der Waals surface area contributed by atoms with E-state index in [-0.39, 0.29) is 37.3 Å². The molecule has 0 radical (unpaired) electrons. The lowest BCUT2D eigenvalue weighted by atomic mass is 9.67. The minimum absolute atomic E-state index is 0.00117. The number of nitrogens with zero attached hydrogens (tertiary/aromatic N) is 1. The van der Waals surface area contributed by atoms with E-state index in [4.69, 9.17) is 9.84 Å². The first-order valence-electron chi connectivity index (χ1n) is 12.1. The molecule has 2 N–H and O–H groups in total. The number of benzene rings is 2. The number of carboxylic acid groups (broad SMARTS) is 1. The summed E-state index contributed by atoms with van der Waals surface area (Å²) in [6.45, 7) is 1.74. The molecule has 2 aliphatic carbocycles. The van der Waals surface area contributed by atoms with E-state index in [0.717, 1.165) is 30.4 Å². The molecule has 0 bridgehead atoms. The Labute approximate surface area is 199 Å². The second-order valence-corrected chi connectivity index (χ2v) is 9.82. The summed E-state index contributed by atoms with van der Waals surface area (Å²) in [7, 11) is 0. The Kier molecular flexibility index (Phi) is 6.02. The largest absolute Gasteiger partial charge is 0.481 e. The number of likely N-dealkylation sites (tertiary alicyclic amines) is 1. The lowest BCUT2D eigenvalue weighted by Crippen LogP contribution is -2.59. The van der Waals surface area contributed by atoms with E-state index < -0.39 is 17.5 Å². The van der Waals surface area contributed by atoms with Crippen molar-refractivity contribution in [3.05, 3.63) is 59.7 Å². The monoisotopic (exact) mass is 462 g/mol. The van der Waals surface area contributed by atoms with Gasteiger partial charge in [-0.2, -0.15) is 0 Å². The van der Waals surface area contributed by atoms with Gasteiger partial charge in [0.05, 0.1) is 5.41 Å². The van der Waals surface area contributed by atoms with Crippen LogP contribution in [0.15, 0.2) is 48.5 Å². The van der Waals surface area contributed by atoms with Gasteiger partial charge in [0.2, 0.25) is 5.91 Å². The Bertz CT molecular complexity index is 1060. The Morgan fingerprint density at radius 1 is 1.00 bits per heavy atom. The smallest absolute Gasteiger partial charge is 0.407 e. The Morgan fingerprint density at radius 3 is 2.18 bits per heavy atom. The van der Waals surface area contributed by atoms with Crippen LogP contribution in [-0.2, 0) is 14.3 Å². The summed E-state index contributed by atoms with van der Waals surface area (Å²) < 4.78 is 5.63. The number of hydrogen-bond donors (Lipinski definition) is 2. The maximum absolute atomic E-state index is 13.1. The highest BCUT2D eigenvalue weighted by molar-refractivity contribution is 5.85. The van der Waals surface area contributed by atoms with Crippen molar-refractivity contribution in [2.75, 3.05) is 26.2 Å². The van der Waals surface area contributed by atoms with Gasteiger partial charge in [0.15, 0.2) is 0 Å². The number of rotatable bonds is 8. The average molecular weight is 463 g/mol. The molecule has 7 nitrogen and oxygen atoms in total. The minimum atomic E-state index is -0.799. The summed E-state index contributed by atoms with van der Waals surface area (Å²) in [5.74, 6) is -0.467. The van der Waals surface area contributed by atoms with Crippen LogP contribution in [0.25, 0.3) is 11.1 Å². The molecule has 34 heavy (non-hydrogen) atoms. The van der Waals surface area contributed by atoms with Gasteiger partial charge in [-0.15, -0.1) is 0 Å². The number of nitrogens with one attached hydrogen (secondary N) is 1. The highest BCUT2D eigenvalue weighted by Gasteiger charge is 2.49. The number of carbonyl (C=O) groups excluding carboxylic acids is 2. The van der Waals surface area contributed by atoms with E-state index in [1.807, 2.05) is 29.2 Å². The van der Waals surface area contributed by atoms with Gasteiger partial charge in [0, 0.05) is 32.0 Å². The molecule has 0 aromatic heterocycles. The standard InChI is InChI=1S/C27H30N2O5/c30-24(31)11-10-18-14-29(15-18)25(32)27(12-5-13-27)17-28-26(33)34-16-23-21-8-3-1-6-19(21)20-7-2-4-9-22(20)23/h1-4,6-9,18,23H,5,10-17H2,(H,28,33)(H,30,31). The summed E-state index contributed by atoms with van der Waals surface area (Å²) in [4.78, 5) is 38.2. The fourth-order valence-corrected chi connectivity index (χ4v) is 5.54. The van der Waals surface area contributed by atoms with Crippen LogP contribution in [0, 0.1) is 11.3 Å². The number of alkyl carbamates (subject to hydrolysis) is 1. The maximum Gasteiger partial charge on any atom is 0.407 e. The van der Waals surface area contributed by atoms with E-state index in [9.17, 15) is 14.4 Å². The predicted molar refractivity (Wildman–Crippen MR) is 126 cm³/mol. The van der Waals surface area contributed by atoms with Crippen molar-refractivity contribution in [2.24, 2.45) is 11.3 Å². The third-order valence-electron chi connectivity index (χ3n) is 7.69. The van der Waals surface area contributed by atoms with Crippen molar-refractivity contribution in [3.8, 4) is 11.1 Å². The third-order valence-corrected chi connectivity index (χ3v) is 7.69. The second kappa shape index (κ2) is 9.12. The topological polar surface area (TPSA) is 95.9 Å². The summed E-state index contributed by atoms with van der Waals surface area (Å²) in [5, 5.41) is 11.7. The number of hydrogen-bond acceptors (Lipinski definition) is 4.